The lowest BCUT2D eigenvalue weighted by atomic mass is 10.0. The molecule has 4 nitrogen and oxygen atoms in total. The van der Waals surface area contributed by atoms with Crippen molar-refractivity contribution in [3.63, 3.8) is 0 Å². The topological polar surface area (TPSA) is 47.0 Å². The Kier molecular flexibility index (Phi) is 2.93. The van der Waals surface area contributed by atoms with Gasteiger partial charge in [0.2, 0.25) is 5.88 Å². The Bertz CT molecular complexity index is 297. The summed E-state index contributed by atoms with van der Waals surface area (Å²) in [6.07, 6.45) is 3.83. The molecule has 2 heterocycles. The molecule has 76 valence electrons. The molecule has 2 rings (SSSR count). The molecule has 1 atom stereocenters. The third-order valence-corrected chi connectivity index (χ3v) is 2.57. The van der Waals surface area contributed by atoms with Gasteiger partial charge in [0.1, 0.15) is 6.33 Å². The van der Waals surface area contributed by atoms with Crippen LogP contribution < -0.4 is 10.1 Å². The van der Waals surface area contributed by atoms with Crippen LogP contribution in [0.1, 0.15) is 12.1 Å². The van der Waals surface area contributed by atoms with Gasteiger partial charge in [-0.2, -0.15) is 0 Å². The predicted octanol–water partition coefficient (Wildman–Crippen LogP) is 0.637. The quantitative estimate of drug-likeness (QED) is 0.765. The van der Waals surface area contributed by atoms with Crippen molar-refractivity contribution >= 4 is 0 Å². The van der Waals surface area contributed by atoms with Crippen molar-refractivity contribution in [2.75, 3.05) is 20.2 Å². The average Bonchev–Trinajstić information content (AvgIpc) is 2.71. The summed E-state index contributed by atoms with van der Waals surface area (Å²) in [5.74, 6) is 1.37. The molecule has 14 heavy (non-hydrogen) atoms. The first-order chi connectivity index (χ1) is 6.88. The summed E-state index contributed by atoms with van der Waals surface area (Å²) in [5.41, 5.74) is 1.07. The maximum absolute atomic E-state index is 5.05. The maximum Gasteiger partial charge on any atom is 0.216 e. The smallest absolute Gasteiger partial charge is 0.216 e. The molecular weight excluding hydrogens is 178 g/mol. The highest BCUT2D eigenvalue weighted by molar-refractivity contribution is 5.14. The number of nitrogens with zero attached hydrogens (tertiary/aromatic N) is 2. The Morgan fingerprint density at radius 2 is 2.50 bits per heavy atom. The molecule has 1 aliphatic heterocycles. The highest BCUT2D eigenvalue weighted by atomic mass is 16.5. The van der Waals surface area contributed by atoms with Gasteiger partial charge in [0.05, 0.1) is 7.11 Å². The molecule has 0 bridgehead atoms. The van der Waals surface area contributed by atoms with Crippen LogP contribution in [-0.2, 0) is 6.42 Å². The number of hydrogen-bond donors (Lipinski definition) is 1. The van der Waals surface area contributed by atoms with Crippen molar-refractivity contribution in [2.45, 2.75) is 12.8 Å². The van der Waals surface area contributed by atoms with E-state index in [1.807, 2.05) is 6.07 Å². The van der Waals surface area contributed by atoms with E-state index in [2.05, 4.69) is 15.3 Å². The lowest BCUT2D eigenvalue weighted by Crippen LogP contribution is -2.11. The molecule has 0 spiro atoms. The van der Waals surface area contributed by atoms with E-state index < -0.39 is 0 Å². The summed E-state index contributed by atoms with van der Waals surface area (Å²) in [6.45, 7) is 2.24. The van der Waals surface area contributed by atoms with Gasteiger partial charge in [-0.25, -0.2) is 9.97 Å². The summed E-state index contributed by atoms with van der Waals surface area (Å²) in [7, 11) is 1.63. The van der Waals surface area contributed by atoms with E-state index >= 15 is 0 Å². The van der Waals surface area contributed by atoms with Gasteiger partial charge in [-0.3, -0.25) is 0 Å². The van der Waals surface area contributed by atoms with Crippen LogP contribution in [0.2, 0.25) is 0 Å². The zero-order valence-electron chi connectivity index (χ0n) is 8.36. The Morgan fingerprint density at radius 3 is 3.21 bits per heavy atom. The number of methoxy groups -OCH3 is 1. The molecule has 1 aromatic heterocycles. The van der Waals surface area contributed by atoms with Crippen LogP contribution in [-0.4, -0.2) is 30.2 Å². The van der Waals surface area contributed by atoms with Gasteiger partial charge in [-0.1, -0.05) is 0 Å². The van der Waals surface area contributed by atoms with E-state index in [1.165, 1.54) is 6.42 Å². The van der Waals surface area contributed by atoms with Crippen LogP contribution >= 0.6 is 0 Å². The number of hydrogen-bond acceptors (Lipinski definition) is 4. The molecule has 0 aromatic carbocycles. The Labute approximate surface area is 83.7 Å². The summed E-state index contributed by atoms with van der Waals surface area (Å²) < 4.78 is 5.05. The normalized spacial score (nSPS) is 21.1. The van der Waals surface area contributed by atoms with E-state index in [-0.39, 0.29) is 0 Å². The van der Waals surface area contributed by atoms with E-state index in [9.17, 15) is 0 Å². The molecule has 0 amide bonds. The third kappa shape index (κ3) is 2.20. The second-order valence-electron chi connectivity index (χ2n) is 3.61. The average molecular weight is 193 g/mol. The second kappa shape index (κ2) is 4.37. The summed E-state index contributed by atoms with van der Waals surface area (Å²) in [4.78, 5) is 8.22. The second-order valence-corrected chi connectivity index (χ2v) is 3.61. The predicted molar refractivity (Wildman–Crippen MR) is 53.3 cm³/mol. The molecule has 1 aliphatic rings. The van der Waals surface area contributed by atoms with Gasteiger partial charge >= 0.3 is 0 Å². The van der Waals surface area contributed by atoms with Crippen LogP contribution in [0.25, 0.3) is 0 Å². The van der Waals surface area contributed by atoms with E-state index in [1.54, 1.807) is 13.4 Å². The van der Waals surface area contributed by atoms with Crippen molar-refractivity contribution in [3.05, 3.63) is 18.1 Å². The first kappa shape index (κ1) is 9.40. The molecule has 4 heteroatoms. The molecule has 0 aliphatic carbocycles. The highest BCUT2D eigenvalue weighted by Gasteiger charge is 2.15. The third-order valence-electron chi connectivity index (χ3n) is 2.57. The van der Waals surface area contributed by atoms with Crippen molar-refractivity contribution in [2.24, 2.45) is 5.92 Å². The standard InChI is InChI=1S/C10H15N3O/c1-14-10-5-9(12-7-13-10)4-8-2-3-11-6-8/h5,7-8,11H,2-4,6H2,1H3/t8-/m0/s1. The maximum atomic E-state index is 5.05. The van der Waals surface area contributed by atoms with E-state index in [0.717, 1.165) is 31.1 Å². The summed E-state index contributed by atoms with van der Waals surface area (Å²) >= 11 is 0. The van der Waals surface area contributed by atoms with Gasteiger partial charge in [0.15, 0.2) is 0 Å². The van der Waals surface area contributed by atoms with Crippen LogP contribution in [0.5, 0.6) is 5.88 Å². The fourth-order valence-electron chi connectivity index (χ4n) is 1.78. The van der Waals surface area contributed by atoms with Crippen molar-refractivity contribution in [3.8, 4) is 5.88 Å². The van der Waals surface area contributed by atoms with Crippen LogP contribution in [0, 0.1) is 5.92 Å². The Hall–Kier alpha value is -1.16. The number of ether oxygens (including phenoxy) is 1. The lowest BCUT2D eigenvalue weighted by molar-refractivity contribution is 0.395. The van der Waals surface area contributed by atoms with Crippen LogP contribution in [0.15, 0.2) is 12.4 Å². The Balaban J connectivity index is 2.00. The molecule has 1 saturated heterocycles. The monoisotopic (exact) mass is 193 g/mol. The summed E-state index contributed by atoms with van der Waals surface area (Å²) in [6, 6.07) is 1.92. The van der Waals surface area contributed by atoms with Gasteiger partial charge < -0.3 is 10.1 Å². The van der Waals surface area contributed by atoms with Crippen LogP contribution in [0.4, 0.5) is 0 Å². The zero-order chi connectivity index (χ0) is 9.80. The van der Waals surface area contributed by atoms with Crippen LogP contribution in [0.3, 0.4) is 0 Å². The molecule has 0 radical (unpaired) electrons. The van der Waals surface area contributed by atoms with Gasteiger partial charge in [0, 0.05) is 11.8 Å². The fourth-order valence-corrected chi connectivity index (χ4v) is 1.78. The first-order valence-corrected chi connectivity index (χ1v) is 4.94. The molecule has 1 aromatic rings. The van der Waals surface area contributed by atoms with Crippen molar-refractivity contribution in [1.29, 1.82) is 0 Å². The minimum absolute atomic E-state index is 0.654. The highest BCUT2D eigenvalue weighted by Crippen LogP contribution is 2.15. The Morgan fingerprint density at radius 1 is 1.57 bits per heavy atom. The van der Waals surface area contributed by atoms with Crippen molar-refractivity contribution in [1.82, 2.24) is 15.3 Å². The summed E-state index contributed by atoms with van der Waals surface area (Å²) in [5, 5.41) is 3.35. The number of rotatable bonds is 3. The number of nitrogens with one attached hydrogen (secondary N) is 1. The largest absolute Gasteiger partial charge is 0.481 e. The first-order valence-electron chi connectivity index (χ1n) is 4.94. The molecule has 1 fully saturated rings. The molecule has 0 saturated carbocycles. The van der Waals surface area contributed by atoms with Gasteiger partial charge in [-0.15, -0.1) is 0 Å². The zero-order valence-corrected chi connectivity index (χ0v) is 8.36. The lowest BCUT2D eigenvalue weighted by Gasteiger charge is -2.07. The molecule has 0 unspecified atom stereocenters. The number of aromatic nitrogens is 2. The van der Waals surface area contributed by atoms with E-state index in [4.69, 9.17) is 4.74 Å². The van der Waals surface area contributed by atoms with Crippen molar-refractivity contribution < 1.29 is 4.74 Å². The fraction of sp³-hybridized carbons (Fsp3) is 0.600. The SMILES string of the molecule is COc1cc(C[C@@H]2CCNC2)ncn1. The van der Waals surface area contributed by atoms with Gasteiger partial charge in [0.25, 0.3) is 0 Å². The van der Waals surface area contributed by atoms with E-state index in [0.29, 0.717) is 5.88 Å². The minimum atomic E-state index is 0.654. The molecule has 1 N–H and O–H groups in total. The minimum Gasteiger partial charge on any atom is -0.481 e. The van der Waals surface area contributed by atoms with Gasteiger partial charge in [-0.05, 0) is 31.8 Å². The molecular formula is C10H15N3O.